The number of halogens is 2. The van der Waals surface area contributed by atoms with Gasteiger partial charge in [-0.15, -0.1) is 0 Å². The number of carbonyl (C=O) groups excluding carboxylic acids is 3. The lowest BCUT2D eigenvalue weighted by molar-refractivity contribution is -0.134. The molecule has 0 bridgehead atoms. The number of benzene rings is 3. The van der Waals surface area contributed by atoms with E-state index in [1.54, 1.807) is 37.1 Å². The second-order valence-corrected chi connectivity index (χ2v) is 10.6. The van der Waals surface area contributed by atoms with Gasteiger partial charge in [0.2, 0.25) is 5.91 Å². The summed E-state index contributed by atoms with van der Waals surface area (Å²) < 4.78 is 32.9. The number of carbonyl (C=O) groups is 3. The van der Waals surface area contributed by atoms with Gasteiger partial charge >= 0.3 is 12.1 Å². The number of amides is 5. The number of nitrogens with zero attached hydrogens (tertiary/aromatic N) is 2. The Bertz CT molecular complexity index is 1440. The zero-order valence-corrected chi connectivity index (χ0v) is 24.1. The van der Waals surface area contributed by atoms with E-state index in [9.17, 15) is 28.3 Å². The average molecular weight is 596 g/mol. The third-order valence-electron chi connectivity index (χ3n) is 7.17. The van der Waals surface area contributed by atoms with Crippen molar-refractivity contribution in [2.45, 2.75) is 32.4 Å². The minimum absolute atomic E-state index is 0.0465. The molecule has 3 atom stereocenters. The Morgan fingerprint density at radius 3 is 2.14 bits per heavy atom. The van der Waals surface area contributed by atoms with Crippen molar-refractivity contribution >= 4 is 35.0 Å². The van der Waals surface area contributed by atoms with Crippen molar-refractivity contribution < 1.29 is 33.0 Å². The lowest BCUT2D eigenvalue weighted by Gasteiger charge is -2.34. The minimum atomic E-state index is -0.558. The highest BCUT2D eigenvalue weighted by atomic mass is 19.1. The van der Waals surface area contributed by atoms with E-state index in [0.29, 0.717) is 28.4 Å². The van der Waals surface area contributed by atoms with Gasteiger partial charge in [0, 0.05) is 42.1 Å². The normalized spacial score (nSPS) is 17.3. The highest BCUT2D eigenvalue weighted by Gasteiger charge is 2.32. The molecule has 1 heterocycles. The first kappa shape index (κ1) is 31.2. The molecule has 4 rings (SSSR count). The molecule has 5 amide bonds. The first-order valence-corrected chi connectivity index (χ1v) is 13.8. The second kappa shape index (κ2) is 14.0. The summed E-state index contributed by atoms with van der Waals surface area (Å²) in [6.45, 7) is 3.85. The van der Waals surface area contributed by atoms with E-state index in [0.717, 1.165) is 0 Å². The molecule has 228 valence electrons. The first-order valence-electron chi connectivity index (χ1n) is 13.8. The molecule has 1 aliphatic rings. The predicted octanol–water partition coefficient (Wildman–Crippen LogP) is 4.92. The van der Waals surface area contributed by atoms with Crippen molar-refractivity contribution in [1.82, 2.24) is 9.80 Å². The van der Waals surface area contributed by atoms with Crippen molar-refractivity contribution in [2.24, 2.45) is 5.92 Å². The molecule has 0 aliphatic carbocycles. The second-order valence-electron chi connectivity index (χ2n) is 10.6. The highest BCUT2D eigenvalue weighted by Crippen LogP contribution is 2.29. The van der Waals surface area contributed by atoms with Crippen LogP contribution in [0.1, 0.15) is 19.4 Å². The molecule has 0 radical (unpaired) electrons. The van der Waals surface area contributed by atoms with Crippen LogP contribution in [0.25, 0.3) is 0 Å². The van der Waals surface area contributed by atoms with Crippen molar-refractivity contribution in [1.29, 1.82) is 0 Å². The molecule has 0 unspecified atom stereocenters. The van der Waals surface area contributed by atoms with E-state index >= 15 is 0 Å². The molecule has 0 fully saturated rings. The predicted molar refractivity (Wildman–Crippen MR) is 159 cm³/mol. The lowest BCUT2D eigenvalue weighted by atomic mass is 10.0. The highest BCUT2D eigenvalue weighted by molar-refractivity contribution is 6.00. The fourth-order valence-corrected chi connectivity index (χ4v) is 4.66. The fourth-order valence-electron chi connectivity index (χ4n) is 4.66. The van der Waals surface area contributed by atoms with Gasteiger partial charge in [0.05, 0.1) is 25.6 Å². The SMILES string of the molecule is C[C@@H]1CN([C@H](C)CO)C(=O)Cc2cc(NC(=O)Nc3ccc(F)cc3)ccc2O[C@@H]1CN(C)C(=O)Nc1ccc(F)cc1. The van der Waals surface area contributed by atoms with Crippen LogP contribution in [0.5, 0.6) is 5.75 Å². The van der Waals surface area contributed by atoms with Crippen LogP contribution in [0.4, 0.5) is 35.4 Å². The Kier molecular flexibility index (Phi) is 10.1. The third kappa shape index (κ3) is 8.41. The van der Waals surface area contributed by atoms with Gasteiger partial charge in [0.15, 0.2) is 0 Å². The monoisotopic (exact) mass is 595 g/mol. The minimum Gasteiger partial charge on any atom is -0.488 e. The van der Waals surface area contributed by atoms with E-state index < -0.39 is 35.8 Å². The van der Waals surface area contributed by atoms with Gasteiger partial charge in [0.1, 0.15) is 23.5 Å². The van der Waals surface area contributed by atoms with Gasteiger partial charge in [-0.2, -0.15) is 0 Å². The molecule has 0 saturated heterocycles. The van der Waals surface area contributed by atoms with Crippen molar-refractivity contribution in [3.05, 3.63) is 83.9 Å². The maximum Gasteiger partial charge on any atom is 0.323 e. The van der Waals surface area contributed by atoms with Crippen molar-refractivity contribution in [3.63, 3.8) is 0 Å². The molecule has 0 spiro atoms. The standard InChI is InChI=1S/C31H35F2N5O5/c1-19-16-38(20(2)18-39)29(40)15-21-14-26(35-30(41)34-24-8-4-22(32)5-9-24)12-13-27(21)43-28(19)17-37(3)31(42)36-25-10-6-23(33)7-11-25/h4-14,19-20,28,39H,15-18H2,1-3H3,(H,36,42)(H2,34,35,41)/t19-,20-,28-/m1/s1. The Balaban J connectivity index is 1.55. The largest absolute Gasteiger partial charge is 0.488 e. The number of hydrogen-bond donors (Lipinski definition) is 4. The summed E-state index contributed by atoms with van der Waals surface area (Å²) in [5.74, 6) is -0.898. The number of ether oxygens (including phenoxy) is 1. The maximum atomic E-state index is 13.4. The Hall–Kier alpha value is -4.71. The summed E-state index contributed by atoms with van der Waals surface area (Å²) in [4.78, 5) is 41.9. The van der Waals surface area contributed by atoms with E-state index in [-0.39, 0.29) is 37.9 Å². The number of likely N-dealkylation sites (N-methyl/N-ethyl adjacent to an activating group) is 1. The molecule has 12 heteroatoms. The molecule has 3 aromatic rings. The Labute approximate surface area is 248 Å². The molecule has 4 N–H and O–H groups in total. The summed E-state index contributed by atoms with van der Waals surface area (Å²) in [6, 6.07) is 14.2. The molecule has 0 saturated carbocycles. The molecule has 3 aromatic carbocycles. The average Bonchev–Trinajstić information content (AvgIpc) is 3.02. The fraction of sp³-hybridized carbons (Fsp3) is 0.323. The van der Waals surface area contributed by atoms with Crippen LogP contribution in [0.2, 0.25) is 0 Å². The Morgan fingerprint density at radius 1 is 0.977 bits per heavy atom. The van der Waals surface area contributed by atoms with Crippen LogP contribution < -0.4 is 20.7 Å². The first-order chi connectivity index (χ1) is 20.5. The van der Waals surface area contributed by atoms with Crippen LogP contribution >= 0.6 is 0 Å². The zero-order valence-electron chi connectivity index (χ0n) is 24.1. The summed E-state index contributed by atoms with van der Waals surface area (Å²) in [5, 5.41) is 17.9. The van der Waals surface area contributed by atoms with Gasteiger partial charge in [0.25, 0.3) is 0 Å². The van der Waals surface area contributed by atoms with Gasteiger partial charge in [-0.05, 0) is 73.7 Å². The van der Waals surface area contributed by atoms with Gasteiger partial charge in [-0.3, -0.25) is 4.79 Å². The number of anilines is 3. The van der Waals surface area contributed by atoms with Crippen molar-refractivity contribution in [3.8, 4) is 5.75 Å². The third-order valence-corrected chi connectivity index (χ3v) is 7.17. The van der Waals surface area contributed by atoms with E-state index in [2.05, 4.69) is 16.0 Å². The van der Waals surface area contributed by atoms with Gasteiger partial charge in [-0.25, -0.2) is 18.4 Å². The number of nitrogens with one attached hydrogen (secondary N) is 3. The van der Waals surface area contributed by atoms with E-state index in [4.69, 9.17) is 4.74 Å². The van der Waals surface area contributed by atoms with Crippen LogP contribution in [0.3, 0.4) is 0 Å². The van der Waals surface area contributed by atoms with E-state index in [1.165, 1.54) is 53.4 Å². The number of rotatable bonds is 7. The van der Waals surface area contributed by atoms with Crippen LogP contribution in [-0.4, -0.2) is 71.8 Å². The number of fused-ring (bicyclic) bond motifs is 1. The molecular weight excluding hydrogens is 560 g/mol. The summed E-state index contributed by atoms with van der Waals surface area (Å²) in [7, 11) is 1.61. The number of hydrogen-bond acceptors (Lipinski definition) is 5. The molecule has 0 aromatic heterocycles. The number of aliphatic hydroxyl groups is 1. The molecular formula is C31H35F2N5O5. The van der Waals surface area contributed by atoms with E-state index in [1.807, 2.05) is 6.92 Å². The van der Waals surface area contributed by atoms with Crippen LogP contribution in [0.15, 0.2) is 66.7 Å². The van der Waals surface area contributed by atoms with Crippen molar-refractivity contribution in [2.75, 3.05) is 42.7 Å². The Morgan fingerprint density at radius 2 is 1.53 bits per heavy atom. The zero-order chi connectivity index (χ0) is 31.1. The quantitative estimate of drug-likeness (QED) is 0.309. The number of aliphatic hydroxyl groups excluding tert-OH is 1. The molecule has 1 aliphatic heterocycles. The van der Waals surface area contributed by atoms with Crippen LogP contribution in [-0.2, 0) is 11.2 Å². The topological polar surface area (TPSA) is 123 Å². The van der Waals surface area contributed by atoms with Crippen LogP contribution in [0, 0.1) is 17.6 Å². The summed E-state index contributed by atoms with van der Waals surface area (Å²) in [6.07, 6.45) is -0.600. The smallest absolute Gasteiger partial charge is 0.323 e. The maximum absolute atomic E-state index is 13.4. The molecule has 43 heavy (non-hydrogen) atoms. The molecule has 10 nitrogen and oxygen atoms in total. The number of urea groups is 2. The summed E-state index contributed by atoms with van der Waals surface area (Å²) >= 11 is 0. The van der Waals surface area contributed by atoms with Gasteiger partial charge in [-0.1, -0.05) is 6.92 Å². The van der Waals surface area contributed by atoms with Gasteiger partial charge < -0.3 is 35.6 Å². The lowest BCUT2D eigenvalue weighted by Crippen LogP contribution is -2.48. The summed E-state index contributed by atoms with van der Waals surface area (Å²) in [5.41, 5.74) is 1.75.